The number of aromatic nitrogens is 1. The van der Waals surface area contributed by atoms with Crippen molar-refractivity contribution in [3.8, 4) is 5.75 Å². The number of H-pyrrole nitrogens is 1. The van der Waals surface area contributed by atoms with Gasteiger partial charge in [-0.1, -0.05) is 60.1 Å². The van der Waals surface area contributed by atoms with Gasteiger partial charge in [0, 0.05) is 22.2 Å². The average Bonchev–Trinajstić information content (AvgIpc) is 3.12. The number of aromatic amines is 1. The van der Waals surface area contributed by atoms with E-state index in [4.69, 9.17) is 16.3 Å². The summed E-state index contributed by atoms with van der Waals surface area (Å²) in [4.78, 5) is 27.6. The molecule has 0 fully saturated rings. The molecule has 0 aliphatic heterocycles. The summed E-state index contributed by atoms with van der Waals surface area (Å²) in [5.74, 6) is 0.481. The van der Waals surface area contributed by atoms with Gasteiger partial charge in [0.05, 0.1) is 9.20 Å². The van der Waals surface area contributed by atoms with Gasteiger partial charge >= 0.3 is 0 Å². The number of ether oxygens (including phenoxy) is 1. The lowest BCUT2D eigenvalue weighted by Gasteiger charge is -2.08. The number of benzene rings is 3. The number of carbonyl (C=O) groups is 1. The molecule has 4 rings (SSSR count). The number of ketones is 1. The Bertz CT molecular complexity index is 1370. The fourth-order valence-electron chi connectivity index (χ4n) is 2.95. The minimum absolute atomic E-state index is 0.202. The predicted molar refractivity (Wildman–Crippen MR) is 125 cm³/mol. The first-order valence-electron chi connectivity index (χ1n) is 9.57. The van der Waals surface area contributed by atoms with Crippen molar-refractivity contribution in [1.29, 1.82) is 0 Å². The van der Waals surface area contributed by atoms with Gasteiger partial charge in [-0.3, -0.25) is 9.59 Å². The van der Waals surface area contributed by atoms with Crippen LogP contribution in [0.5, 0.6) is 5.75 Å². The highest BCUT2D eigenvalue weighted by Crippen LogP contribution is 2.20. The SMILES string of the molecule is O=C(/C=c1\[nH]c(=O)/c(=C\c2ccccc2OCc2ccccc2)s1)c1ccc(Cl)cc1. The smallest absolute Gasteiger partial charge is 0.266 e. The molecule has 0 bridgehead atoms. The summed E-state index contributed by atoms with van der Waals surface area (Å²) in [6.45, 7) is 0.432. The van der Waals surface area contributed by atoms with Crippen molar-refractivity contribution in [1.82, 2.24) is 4.98 Å². The maximum atomic E-state index is 12.4. The number of thiazole rings is 1. The number of nitrogens with one attached hydrogen (secondary N) is 1. The van der Waals surface area contributed by atoms with E-state index in [0.29, 0.717) is 32.1 Å². The van der Waals surface area contributed by atoms with Crippen LogP contribution in [0.25, 0.3) is 12.2 Å². The van der Waals surface area contributed by atoms with E-state index in [2.05, 4.69) is 4.98 Å². The third kappa shape index (κ3) is 5.40. The molecule has 0 atom stereocenters. The zero-order valence-corrected chi connectivity index (χ0v) is 18.0. The lowest BCUT2D eigenvalue weighted by atomic mass is 10.1. The Kier molecular flexibility index (Phi) is 6.46. The Morgan fingerprint density at radius 1 is 0.968 bits per heavy atom. The fraction of sp³-hybridized carbons (Fsp3) is 0.0400. The summed E-state index contributed by atoms with van der Waals surface area (Å²) in [6, 6.07) is 24.0. The van der Waals surface area contributed by atoms with E-state index in [-0.39, 0.29) is 11.3 Å². The Hall–Kier alpha value is -3.41. The topological polar surface area (TPSA) is 59.2 Å². The van der Waals surface area contributed by atoms with E-state index in [1.54, 1.807) is 30.3 Å². The van der Waals surface area contributed by atoms with Crippen LogP contribution < -0.4 is 19.5 Å². The van der Waals surface area contributed by atoms with Crippen molar-refractivity contribution in [3.05, 3.63) is 120 Å². The van der Waals surface area contributed by atoms with E-state index in [1.807, 2.05) is 54.6 Å². The summed E-state index contributed by atoms with van der Waals surface area (Å²) in [7, 11) is 0. The molecule has 6 heteroatoms. The van der Waals surface area contributed by atoms with Gasteiger partial charge in [0.25, 0.3) is 5.56 Å². The van der Waals surface area contributed by atoms with Crippen LogP contribution in [-0.4, -0.2) is 10.8 Å². The van der Waals surface area contributed by atoms with Gasteiger partial charge in [0.1, 0.15) is 12.4 Å². The summed E-state index contributed by atoms with van der Waals surface area (Å²) < 4.78 is 6.94. The van der Waals surface area contributed by atoms with E-state index in [0.717, 1.165) is 11.1 Å². The molecule has 1 heterocycles. The van der Waals surface area contributed by atoms with Crippen molar-refractivity contribution in [2.24, 2.45) is 0 Å². The molecule has 0 amide bonds. The van der Waals surface area contributed by atoms with E-state index < -0.39 is 0 Å². The van der Waals surface area contributed by atoms with Crippen LogP contribution in [0.1, 0.15) is 21.5 Å². The molecule has 0 saturated carbocycles. The van der Waals surface area contributed by atoms with Crippen LogP contribution in [0.3, 0.4) is 0 Å². The van der Waals surface area contributed by atoms with Crippen molar-refractivity contribution in [2.45, 2.75) is 6.61 Å². The van der Waals surface area contributed by atoms with Crippen molar-refractivity contribution >= 4 is 40.9 Å². The van der Waals surface area contributed by atoms with Crippen LogP contribution in [0.15, 0.2) is 83.7 Å². The van der Waals surface area contributed by atoms with Gasteiger partial charge in [-0.2, -0.15) is 0 Å². The van der Waals surface area contributed by atoms with Crippen molar-refractivity contribution in [2.75, 3.05) is 0 Å². The summed E-state index contributed by atoms with van der Waals surface area (Å²) in [6.07, 6.45) is 3.19. The molecule has 154 valence electrons. The number of rotatable bonds is 6. The molecule has 0 unspecified atom stereocenters. The highest BCUT2D eigenvalue weighted by Gasteiger charge is 2.05. The Balaban J connectivity index is 1.61. The number of Topliss-reactive ketones (excluding diaryl/α,β-unsaturated/α-hetero) is 1. The van der Waals surface area contributed by atoms with Gasteiger partial charge < -0.3 is 9.72 Å². The Labute approximate surface area is 187 Å². The molecule has 4 nitrogen and oxygen atoms in total. The Morgan fingerprint density at radius 3 is 2.45 bits per heavy atom. The highest BCUT2D eigenvalue weighted by atomic mass is 35.5. The third-order valence-electron chi connectivity index (χ3n) is 4.51. The van der Waals surface area contributed by atoms with E-state index in [1.165, 1.54) is 17.4 Å². The van der Waals surface area contributed by atoms with E-state index >= 15 is 0 Å². The molecule has 0 aliphatic carbocycles. The third-order valence-corrected chi connectivity index (χ3v) is 5.73. The molecule has 4 aromatic rings. The largest absolute Gasteiger partial charge is 0.488 e. The molecule has 1 N–H and O–H groups in total. The van der Waals surface area contributed by atoms with Gasteiger partial charge in [-0.15, -0.1) is 11.3 Å². The van der Waals surface area contributed by atoms with Crippen LogP contribution in [0, 0.1) is 0 Å². The lowest BCUT2D eigenvalue weighted by molar-refractivity contribution is 0.106. The zero-order chi connectivity index (χ0) is 21.6. The first-order valence-corrected chi connectivity index (χ1v) is 10.8. The number of halogens is 1. The maximum absolute atomic E-state index is 12.4. The van der Waals surface area contributed by atoms with E-state index in [9.17, 15) is 9.59 Å². The Morgan fingerprint density at radius 2 is 1.68 bits per heavy atom. The molecule has 3 aromatic carbocycles. The summed E-state index contributed by atoms with van der Waals surface area (Å²) >= 11 is 7.09. The second-order valence-corrected chi connectivity index (χ2v) is 8.28. The van der Waals surface area contributed by atoms with Gasteiger partial charge in [-0.25, -0.2) is 0 Å². The molecule has 0 radical (unpaired) electrons. The zero-order valence-electron chi connectivity index (χ0n) is 16.4. The van der Waals surface area contributed by atoms with Gasteiger partial charge in [-0.05, 0) is 42.0 Å². The number of hydrogen-bond donors (Lipinski definition) is 1. The number of carbonyl (C=O) groups excluding carboxylic acids is 1. The minimum Gasteiger partial charge on any atom is -0.488 e. The second kappa shape index (κ2) is 9.60. The first kappa shape index (κ1) is 20.8. The summed E-state index contributed by atoms with van der Waals surface area (Å²) in [5, 5.41) is 0.561. The predicted octanol–water partition coefficient (Wildman–Crippen LogP) is 4.16. The normalized spacial score (nSPS) is 12.2. The standard InChI is InChI=1S/C25H18ClNO3S/c26-20-12-10-18(11-13-20)21(28)15-24-27-25(29)23(31-24)14-19-8-4-5-9-22(19)30-16-17-6-2-1-3-7-17/h1-15H,16H2,(H,27,29)/b23-14+,24-15+. The molecular formula is C25H18ClNO3S. The average molecular weight is 448 g/mol. The van der Waals surface area contributed by atoms with Crippen LogP contribution in [0.2, 0.25) is 5.02 Å². The van der Waals surface area contributed by atoms with Crippen molar-refractivity contribution in [3.63, 3.8) is 0 Å². The van der Waals surface area contributed by atoms with Crippen molar-refractivity contribution < 1.29 is 9.53 Å². The fourth-order valence-corrected chi connectivity index (χ4v) is 3.95. The molecule has 1 aromatic heterocycles. The van der Waals surface area contributed by atoms with Gasteiger partial charge in [0.15, 0.2) is 5.78 Å². The highest BCUT2D eigenvalue weighted by molar-refractivity contribution is 7.07. The van der Waals surface area contributed by atoms with Crippen LogP contribution in [-0.2, 0) is 6.61 Å². The van der Waals surface area contributed by atoms with Crippen LogP contribution in [0.4, 0.5) is 0 Å². The molecule has 31 heavy (non-hydrogen) atoms. The number of para-hydroxylation sites is 1. The molecule has 0 spiro atoms. The molecule has 0 aliphatic rings. The number of hydrogen-bond acceptors (Lipinski definition) is 4. The first-order chi connectivity index (χ1) is 15.1. The van der Waals surface area contributed by atoms with Crippen LogP contribution >= 0.6 is 22.9 Å². The van der Waals surface area contributed by atoms with Gasteiger partial charge in [0.2, 0.25) is 0 Å². The lowest BCUT2D eigenvalue weighted by Crippen LogP contribution is -2.20. The quantitative estimate of drug-likeness (QED) is 0.451. The minimum atomic E-state index is -0.252. The molecule has 0 saturated heterocycles. The monoisotopic (exact) mass is 447 g/mol. The second-order valence-electron chi connectivity index (χ2n) is 6.76. The maximum Gasteiger partial charge on any atom is 0.266 e. The summed E-state index contributed by atoms with van der Waals surface area (Å²) in [5.41, 5.74) is 2.10. The molecular weight excluding hydrogens is 430 g/mol.